The van der Waals surface area contributed by atoms with Crippen molar-refractivity contribution in [1.82, 2.24) is 9.78 Å². The van der Waals surface area contributed by atoms with E-state index >= 15 is 0 Å². The number of anilines is 2. The summed E-state index contributed by atoms with van der Waals surface area (Å²) in [4.78, 5) is 0.0691. The molecule has 1 aromatic heterocycles. The van der Waals surface area contributed by atoms with Crippen LogP contribution in [0, 0.1) is 6.92 Å². The van der Waals surface area contributed by atoms with Gasteiger partial charge in [0.25, 0.3) is 10.0 Å². The van der Waals surface area contributed by atoms with E-state index in [-0.39, 0.29) is 16.6 Å². The summed E-state index contributed by atoms with van der Waals surface area (Å²) in [5, 5.41) is 4.09. The van der Waals surface area contributed by atoms with Crippen LogP contribution in [-0.2, 0) is 10.0 Å². The highest BCUT2D eigenvalue weighted by molar-refractivity contribution is 7.92. The van der Waals surface area contributed by atoms with Crippen molar-refractivity contribution in [2.75, 3.05) is 10.5 Å². The van der Waals surface area contributed by atoms with Gasteiger partial charge in [0.2, 0.25) is 0 Å². The van der Waals surface area contributed by atoms with E-state index in [0.29, 0.717) is 5.82 Å². The molecule has 0 bridgehead atoms. The Bertz CT molecular complexity index is 720. The van der Waals surface area contributed by atoms with Crippen LogP contribution in [0.15, 0.2) is 35.4 Å². The van der Waals surface area contributed by atoms with Gasteiger partial charge in [0.1, 0.15) is 10.7 Å². The maximum absolute atomic E-state index is 12.4. The van der Waals surface area contributed by atoms with Crippen LogP contribution >= 0.6 is 0 Å². The van der Waals surface area contributed by atoms with E-state index < -0.39 is 10.0 Å². The minimum absolute atomic E-state index is 0.0538. The Kier molecular flexibility index (Phi) is 3.71. The van der Waals surface area contributed by atoms with Gasteiger partial charge in [-0.2, -0.15) is 5.10 Å². The van der Waals surface area contributed by atoms with Crippen LogP contribution in [0.25, 0.3) is 0 Å². The molecule has 7 heteroatoms. The second-order valence-corrected chi connectivity index (χ2v) is 6.55. The van der Waals surface area contributed by atoms with Gasteiger partial charge >= 0.3 is 0 Å². The van der Waals surface area contributed by atoms with Crippen molar-refractivity contribution in [2.24, 2.45) is 0 Å². The van der Waals surface area contributed by atoms with Crippen molar-refractivity contribution in [3.63, 3.8) is 0 Å². The summed E-state index contributed by atoms with van der Waals surface area (Å²) in [7, 11) is -3.72. The lowest BCUT2D eigenvalue weighted by atomic mass is 10.2. The lowest BCUT2D eigenvalue weighted by Gasteiger charge is -2.14. The Hall–Kier alpha value is -2.02. The molecule has 0 saturated carbocycles. The Balaban J connectivity index is 2.38. The molecule has 0 unspecified atom stereocenters. The highest BCUT2D eigenvalue weighted by atomic mass is 32.2. The number of benzene rings is 1. The molecule has 2 rings (SSSR count). The topological polar surface area (TPSA) is 90.0 Å². The molecule has 0 aliphatic rings. The lowest BCUT2D eigenvalue weighted by molar-refractivity contribution is 0.539. The lowest BCUT2D eigenvalue weighted by Crippen LogP contribution is -2.18. The van der Waals surface area contributed by atoms with Gasteiger partial charge in [0.05, 0.1) is 11.9 Å². The normalized spacial score (nSPS) is 11.8. The largest absolute Gasteiger partial charge is 0.398 e. The van der Waals surface area contributed by atoms with E-state index in [1.807, 2.05) is 20.8 Å². The van der Waals surface area contributed by atoms with E-state index in [0.717, 1.165) is 5.56 Å². The molecule has 0 spiro atoms. The average Bonchev–Trinajstić information content (AvgIpc) is 2.75. The number of aromatic nitrogens is 2. The molecule has 3 N–H and O–H groups in total. The highest BCUT2D eigenvalue weighted by Crippen LogP contribution is 2.23. The summed E-state index contributed by atoms with van der Waals surface area (Å²) in [6.45, 7) is 5.70. The molecule has 20 heavy (non-hydrogen) atoms. The Morgan fingerprint density at radius 2 is 2.00 bits per heavy atom. The number of rotatable bonds is 4. The van der Waals surface area contributed by atoms with Crippen LogP contribution in [0.3, 0.4) is 0 Å². The fourth-order valence-corrected chi connectivity index (χ4v) is 3.08. The summed E-state index contributed by atoms with van der Waals surface area (Å²) < 4.78 is 28.9. The van der Waals surface area contributed by atoms with Crippen molar-refractivity contribution < 1.29 is 8.42 Å². The predicted molar refractivity (Wildman–Crippen MR) is 79.0 cm³/mol. The number of aryl methyl sites for hydroxylation is 1. The van der Waals surface area contributed by atoms with Gasteiger partial charge in [0.15, 0.2) is 0 Å². The van der Waals surface area contributed by atoms with Gasteiger partial charge in [-0.15, -0.1) is 0 Å². The molecule has 6 nitrogen and oxygen atoms in total. The maximum Gasteiger partial charge on any atom is 0.265 e. The van der Waals surface area contributed by atoms with Crippen LogP contribution in [0.4, 0.5) is 11.5 Å². The number of nitrogen functional groups attached to an aromatic ring is 1. The average molecular weight is 294 g/mol. The van der Waals surface area contributed by atoms with Crippen molar-refractivity contribution >= 4 is 21.5 Å². The zero-order valence-electron chi connectivity index (χ0n) is 11.7. The molecule has 1 heterocycles. The number of sulfonamides is 1. The third-order valence-electron chi connectivity index (χ3n) is 2.85. The second kappa shape index (κ2) is 5.16. The zero-order chi connectivity index (χ0) is 14.9. The van der Waals surface area contributed by atoms with Crippen molar-refractivity contribution in [2.45, 2.75) is 31.7 Å². The number of hydrogen-bond donors (Lipinski definition) is 2. The predicted octanol–water partition coefficient (Wildman–Crippen LogP) is 2.16. The molecule has 108 valence electrons. The van der Waals surface area contributed by atoms with Gasteiger partial charge < -0.3 is 5.73 Å². The van der Waals surface area contributed by atoms with E-state index in [9.17, 15) is 8.42 Å². The van der Waals surface area contributed by atoms with Gasteiger partial charge in [-0.25, -0.2) is 13.1 Å². The Morgan fingerprint density at radius 1 is 1.30 bits per heavy atom. The molecule has 0 radical (unpaired) electrons. The fraction of sp³-hybridized carbons (Fsp3) is 0.308. The molecule has 0 aliphatic heterocycles. The third kappa shape index (κ3) is 2.77. The van der Waals surface area contributed by atoms with Crippen LogP contribution in [0.2, 0.25) is 0 Å². The van der Waals surface area contributed by atoms with Gasteiger partial charge in [0, 0.05) is 12.1 Å². The molecule has 0 amide bonds. The first-order valence-corrected chi connectivity index (χ1v) is 7.72. The number of nitrogens with two attached hydrogens (primary N) is 1. The monoisotopic (exact) mass is 294 g/mol. The van der Waals surface area contributed by atoms with Crippen LogP contribution in [0.1, 0.15) is 25.5 Å². The van der Waals surface area contributed by atoms with E-state index in [1.165, 1.54) is 6.07 Å². The first kappa shape index (κ1) is 14.4. The SMILES string of the molecule is Cc1ccc(S(=O)(=O)Nc2ccnn2C(C)C)c(N)c1. The minimum atomic E-state index is -3.72. The van der Waals surface area contributed by atoms with Crippen LogP contribution in [0.5, 0.6) is 0 Å². The molecule has 0 saturated heterocycles. The van der Waals surface area contributed by atoms with Crippen molar-refractivity contribution in [3.05, 3.63) is 36.0 Å². The summed E-state index contributed by atoms with van der Waals surface area (Å²) in [5.41, 5.74) is 6.93. The summed E-state index contributed by atoms with van der Waals surface area (Å²) >= 11 is 0. The van der Waals surface area contributed by atoms with Crippen molar-refractivity contribution in [3.8, 4) is 0 Å². The summed E-state index contributed by atoms with van der Waals surface area (Å²) in [5.74, 6) is 0.417. The molecule has 1 aromatic carbocycles. The second-order valence-electron chi connectivity index (χ2n) is 4.90. The molecular formula is C13H18N4O2S. The maximum atomic E-state index is 12.4. The van der Waals surface area contributed by atoms with E-state index in [2.05, 4.69) is 9.82 Å². The van der Waals surface area contributed by atoms with Crippen LogP contribution in [-0.4, -0.2) is 18.2 Å². The van der Waals surface area contributed by atoms with Gasteiger partial charge in [-0.1, -0.05) is 6.07 Å². The molecule has 0 aliphatic carbocycles. The zero-order valence-corrected chi connectivity index (χ0v) is 12.5. The molecule has 0 atom stereocenters. The number of nitrogens with one attached hydrogen (secondary N) is 1. The smallest absolute Gasteiger partial charge is 0.265 e. The number of nitrogens with zero attached hydrogens (tertiary/aromatic N) is 2. The first-order chi connectivity index (χ1) is 9.31. The Labute approximate surface area is 118 Å². The minimum Gasteiger partial charge on any atom is -0.398 e. The number of hydrogen-bond acceptors (Lipinski definition) is 4. The fourth-order valence-electron chi connectivity index (χ4n) is 1.91. The van der Waals surface area contributed by atoms with E-state index in [1.54, 1.807) is 29.1 Å². The van der Waals surface area contributed by atoms with Gasteiger partial charge in [-0.05, 0) is 38.5 Å². The Morgan fingerprint density at radius 3 is 2.60 bits per heavy atom. The quantitative estimate of drug-likeness (QED) is 0.845. The third-order valence-corrected chi connectivity index (χ3v) is 4.28. The van der Waals surface area contributed by atoms with Gasteiger partial charge in [-0.3, -0.25) is 4.72 Å². The standard InChI is InChI=1S/C13H18N4O2S/c1-9(2)17-13(6-7-15-17)16-20(18,19)12-5-4-10(3)8-11(12)14/h4-9,16H,14H2,1-3H3. The molecular weight excluding hydrogens is 276 g/mol. The molecule has 0 fully saturated rings. The van der Waals surface area contributed by atoms with Crippen LogP contribution < -0.4 is 10.5 Å². The first-order valence-electron chi connectivity index (χ1n) is 6.24. The summed E-state index contributed by atoms with van der Waals surface area (Å²) in [6, 6.07) is 6.52. The van der Waals surface area contributed by atoms with Crippen molar-refractivity contribution in [1.29, 1.82) is 0 Å². The highest BCUT2D eigenvalue weighted by Gasteiger charge is 2.19. The van der Waals surface area contributed by atoms with E-state index in [4.69, 9.17) is 5.73 Å². The molecule has 2 aromatic rings. The summed E-state index contributed by atoms with van der Waals surface area (Å²) in [6.07, 6.45) is 1.55.